The number of hydrogen-bond acceptors (Lipinski definition) is 5. The lowest BCUT2D eigenvalue weighted by molar-refractivity contribution is 0.1000. The zero-order valence-corrected chi connectivity index (χ0v) is 12.6. The molecule has 4 N–H and O–H groups in total. The van der Waals surface area contributed by atoms with Gasteiger partial charge in [-0.25, -0.2) is 4.98 Å². The van der Waals surface area contributed by atoms with Crippen molar-refractivity contribution in [3.8, 4) is 0 Å². The third-order valence-electron chi connectivity index (χ3n) is 3.66. The molecule has 0 spiro atoms. The lowest BCUT2D eigenvalue weighted by atomic mass is 10.1. The SMILES string of the molecule is CN1CCCC1c1cccnc1.NC(=O)c1ccc(N)nc1. The Balaban J connectivity index is 0.000000164. The van der Waals surface area contributed by atoms with Crippen molar-refractivity contribution in [2.24, 2.45) is 5.73 Å². The van der Waals surface area contributed by atoms with Gasteiger partial charge in [0.15, 0.2) is 0 Å². The molecule has 0 radical (unpaired) electrons. The van der Waals surface area contributed by atoms with Gasteiger partial charge in [0.25, 0.3) is 0 Å². The number of anilines is 1. The van der Waals surface area contributed by atoms with Gasteiger partial charge in [0.2, 0.25) is 5.91 Å². The summed E-state index contributed by atoms with van der Waals surface area (Å²) >= 11 is 0. The van der Waals surface area contributed by atoms with Gasteiger partial charge in [0.05, 0.1) is 5.56 Å². The fraction of sp³-hybridized carbons (Fsp3) is 0.312. The Bertz CT molecular complexity index is 600. The molecule has 2 aromatic heterocycles. The van der Waals surface area contributed by atoms with E-state index < -0.39 is 5.91 Å². The second-order valence-corrected chi connectivity index (χ2v) is 5.26. The van der Waals surface area contributed by atoms with E-state index in [2.05, 4.69) is 28.0 Å². The number of rotatable bonds is 2. The molecule has 116 valence electrons. The van der Waals surface area contributed by atoms with Crippen LogP contribution in [0.15, 0.2) is 42.9 Å². The molecule has 1 unspecified atom stereocenters. The first-order valence-corrected chi connectivity index (χ1v) is 7.19. The normalized spacial score (nSPS) is 17.6. The number of carbonyl (C=O) groups excluding carboxylic acids is 1. The molecule has 0 bridgehead atoms. The van der Waals surface area contributed by atoms with Crippen molar-refractivity contribution < 1.29 is 4.79 Å². The zero-order valence-electron chi connectivity index (χ0n) is 12.6. The van der Waals surface area contributed by atoms with E-state index >= 15 is 0 Å². The third kappa shape index (κ3) is 4.26. The Morgan fingerprint density at radius 3 is 2.64 bits per heavy atom. The molecular weight excluding hydrogens is 278 g/mol. The number of likely N-dealkylation sites (tertiary alicyclic amines) is 1. The molecule has 3 heterocycles. The standard InChI is InChI=1S/C10H14N2.C6H7N3O/c1-12-7-3-5-10(12)9-4-2-6-11-8-9;7-5-2-1-4(3-9-5)6(8)10/h2,4,6,8,10H,3,5,7H2,1H3;1-3H,(H2,7,9)(H2,8,10). The molecule has 1 saturated heterocycles. The lowest BCUT2D eigenvalue weighted by Gasteiger charge is -2.18. The molecule has 2 aromatic rings. The van der Waals surface area contributed by atoms with Gasteiger partial charge in [-0.05, 0) is 50.2 Å². The van der Waals surface area contributed by atoms with Crippen LogP contribution in [0.2, 0.25) is 0 Å². The average Bonchev–Trinajstić information content (AvgIpc) is 2.95. The van der Waals surface area contributed by atoms with Crippen LogP contribution in [0.4, 0.5) is 5.82 Å². The molecule has 1 fully saturated rings. The highest BCUT2D eigenvalue weighted by atomic mass is 16.1. The predicted octanol–water partition coefficient (Wildman–Crippen LogP) is 1.61. The number of hydrogen-bond donors (Lipinski definition) is 2. The van der Waals surface area contributed by atoms with Crippen molar-refractivity contribution in [1.82, 2.24) is 14.9 Å². The summed E-state index contributed by atoms with van der Waals surface area (Å²) in [6.45, 7) is 1.22. The second-order valence-electron chi connectivity index (χ2n) is 5.26. The minimum atomic E-state index is -0.493. The molecule has 1 atom stereocenters. The van der Waals surface area contributed by atoms with Gasteiger partial charge in [0, 0.05) is 24.6 Å². The van der Waals surface area contributed by atoms with Gasteiger partial charge < -0.3 is 11.5 Å². The fourth-order valence-electron chi connectivity index (χ4n) is 2.46. The minimum absolute atomic E-state index is 0.370. The molecule has 1 aliphatic heterocycles. The minimum Gasteiger partial charge on any atom is -0.384 e. The fourth-order valence-corrected chi connectivity index (χ4v) is 2.46. The third-order valence-corrected chi connectivity index (χ3v) is 3.66. The summed E-state index contributed by atoms with van der Waals surface area (Å²) in [7, 11) is 2.19. The Hall–Kier alpha value is -2.47. The first-order chi connectivity index (χ1) is 10.6. The first-order valence-electron chi connectivity index (χ1n) is 7.19. The van der Waals surface area contributed by atoms with Crippen molar-refractivity contribution in [3.05, 3.63) is 54.0 Å². The van der Waals surface area contributed by atoms with Crippen LogP contribution >= 0.6 is 0 Å². The Kier molecular flexibility index (Phi) is 5.43. The van der Waals surface area contributed by atoms with Gasteiger partial charge in [-0.15, -0.1) is 0 Å². The smallest absolute Gasteiger partial charge is 0.250 e. The van der Waals surface area contributed by atoms with Crippen LogP contribution in [0.25, 0.3) is 0 Å². The number of amides is 1. The van der Waals surface area contributed by atoms with Crippen molar-refractivity contribution in [2.45, 2.75) is 18.9 Å². The molecule has 6 heteroatoms. The van der Waals surface area contributed by atoms with Gasteiger partial charge in [-0.1, -0.05) is 6.07 Å². The van der Waals surface area contributed by atoms with Crippen LogP contribution in [0.5, 0.6) is 0 Å². The van der Waals surface area contributed by atoms with Crippen molar-refractivity contribution >= 4 is 11.7 Å². The van der Waals surface area contributed by atoms with E-state index in [-0.39, 0.29) is 0 Å². The summed E-state index contributed by atoms with van der Waals surface area (Å²) in [5, 5.41) is 0. The lowest BCUT2D eigenvalue weighted by Crippen LogP contribution is -2.17. The number of nitrogens with two attached hydrogens (primary N) is 2. The summed E-state index contributed by atoms with van der Waals surface area (Å²) in [6.07, 6.45) is 7.75. The topological polar surface area (TPSA) is 98.1 Å². The van der Waals surface area contributed by atoms with E-state index in [4.69, 9.17) is 11.5 Å². The van der Waals surface area contributed by atoms with Crippen LogP contribution in [0.3, 0.4) is 0 Å². The van der Waals surface area contributed by atoms with Crippen LogP contribution in [0.1, 0.15) is 34.8 Å². The highest BCUT2D eigenvalue weighted by Gasteiger charge is 2.21. The van der Waals surface area contributed by atoms with Crippen LogP contribution in [-0.4, -0.2) is 34.4 Å². The maximum atomic E-state index is 10.5. The van der Waals surface area contributed by atoms with E-state index in [1.807, 2.05) is 18.5 Å². The zero-order chi connectivity index (χ0) is 15.9. The van der Waals surface area contributed by atoms with E-state index in [1.165, 1.54) is 43.3 Å². The van der Waals surface area contributed by atoms with Crippen LogP contribution in [0, 0.1) is 0 Å². The molecule has 1 amide bonds. The Labute approximate surface area is 130 Å². The van der Waals surface area contributed by atoms with Crippen LogP contribution in [-0.2, 0) is 0 Å². The first kappa shape index (κ1) is 15.9. The summed E-state index contributed by atoms with van der Waals surface area (Å²) in [5.74, 6) is -0.113. The second kappa shape index (κ2) is 7.51. The number of pyridine rings is 2. The summed E-state index contributed by atoms with van der Waals surface area (Å²) in [4.78, 5) is 20.7. The van der Waals surface area contributed by atoms with Gasteiger partial charge in [-0.2, -0.15) is 0 Å². The number of nitrogen functional groups attached to an aromatic ring is 1. The predicted molar refractivity (Wildman–Crippen MR) is 86.0 cm³/mol. The molecule has 6 nitrogen and oxygen atoms in total. The Morgan fingerprint density at radius 2 is 2.14 bits per heavy atom. The molecule has 0 aromatic carbocycles. The van der Waals surface area contributed by atoms with E-state index in [0.29, 0.717) is 17.4 Å². The quantitative estimate of drug-likeness (QED) is 0.878. The highest BCUT2D eigenvalue weighted by molar-refractivity contribution is 5.92. The maximum Gasteiger partial charge on any atom is 0.250 e. The van der Waals surface area contributed by atoms with E-state index in [9.17, 15) is 4.79 Å². The molecule has 0 aliphatic carbocycles. The monoisotopic (exact) mass is 299 g/mol. The summed E-state index contributed by atoms with van der Waals surface area (Å²) in [5.41, 5.74) is 11.9. The van der Waals surface area contributed by atoms with Gasteiger partial charge in [-0.3, -0.25) is 14.7 Å². The van der Waals surface area contributed by atoms with Crippen LogP contribution < -0.4 is 11.5 Å². The molecule has 3 rings (SSSR count). The van der Waals surface area contributed by atoms with Gasteiger partial charge in [0.1, 0.15) is 5.82 Å². The average molecular weight is 299 g/mol. The Morgan fingerprint density at radius 1 is 1.32 bits per heavy atom. The number of carbonyl (C=O) groups is 1. The number of nitrogens with zero attached hydrogens (tertiary/aromatic N) is 3. The number of primary amides is 1. The van der Waals surface area contributed by atoms with Gasteiger partial charge >= 0.3 is 0 Å². The van der Waals surface area contributed by atoms with E-state index in [1.54, 1.807) is 0 Å². The highest BCUT2D eigenvalue weighted by Crippen LogP contribution is 2.29. The molecule has 22 heavy (non-hydrogen) atoms. The number of aromatic nitrogens is 2. The van der Waals surface area contributed by atoms with Crippen molar-refractivity contribution in [2.75, 3.05) is 19.3 Å². The largest absolute Gasteiger partial charge is 0.384 e. The maximum absolute atomic E-state index is 10.5. The molecule has 0 saturated carbocycles. The summed E-state index contributed by atoms with van der Waals surface area (Å²) < 4.78 is 0. The van der Waals surface area contributed by atoms with Crippen molar-refractivity contribution in [3.63, 3.8) is 0 Å². The van der Waals surface area contributed by atoms with Crippen molar-refractivity contribution in [1.29, 1.82) is 0 Å². The summed E-state index contributed by atoms with van der Waals surface area (Å²) in [6, 6.07) is 7.85. The van der Waals surface area contributed by atoms with E-state index in [0.717, 1.165) is 0 Å². The molecular formula is C16H21N5O. The molecule has 1 aliphatic rings.